The number of hydrogen-bond donors (Lipinski definition) is 1. The predicted octanol–water partition coefficient (Wildman–Crippen LogP) is 2.05. The Bertz CT molecular complexity index is 580. The first kappa shape index (κ1) is 15.2. The van der Waals surface area contributed by atoms with Gasteiger partial charge in [0.1, 0.15) is 5.37 Å². The van der Waals surface area contributed by atoms with Crippen molar-refractivity contribution in [2.45, 2.75) is 36.1 Å². The maximum Gasteiger partial charge on any atom is 0.197 e. The Morgan fingerprint density at radius 3 is 2.70 bits per heavy atom. The number of hydrogen-bond acceptors (Lipinski definition) is 4. The fraction of sp³-hybridized carbons (Fsp3) is 0.467. The van der Waals surface area contributed by atoms with Crippen LogP contribution in [0.4, 0.5) is 0 Å². The van der Waals surface area contributed by atoms with Gasteiger partial charge in [-0.2, -0.15) is 0 Å². The molecular weight excluding hydrogens is 274 g/mol. The molecule has 0 aromatic heterocycles. The zero-order chi connectivity index (χ0) is 14.8. The number of nitrogens with one attached hydrogen (secondary N) is 1. The molecule has 0 amide bonds. The fourth-order valence-corrected chi connectivity index (χ4v) is 4.47. The highest BCUT2D eigenvalue weighted by Gasteiger charge is 2.45. The summed E-state index contributed by atoms with van der Waals surface area (Å²) in [5.41, 5.74) is 0.245. The van der Waals surface area contributed by atoms with Gasteiger partial charge in [-0.05, 0) is 32.4 Å². The van der Waals surface area contributed by atoms with E-state index in [1.807, 2.05) is 13.8 Å². The van der Waals surface area contributed by atoms with Crippen LogP contribution in [0.1, 0.15) is 18.9 Å². The minimum Gasteiger partial charge on any atom is -0.371 e. The molecule has 0 radical (unpaired) electrons. The van der Waals surface area contributed by atoms with E-state index in [0.29, 0.717) is 24.5 Å². The van der Waals surface area contributed by atoms with Crippen molar-refractivity contribution in [3.05, 3.63) is 42.5 Å². The van der Waals surface area contributed by atoms with Crippen LogP contribution in [-0.2, 0) is 14.6 Å². The molecule has 5 heteroatoms. The van der Waals surface area contributed by atoms with Crippen LogP contribution in [0.2, 0.25) is 0 Å². The number of benzene rings is 1. The van der Waals surface area contributed by atoms with E-state index in [-0.39, 0.29) is 0 Å². The lowest BCUT2D eigenvalue weighted by atomic mass is 10.0. The number of aryl methyl sites for hydroxylation is 1. The van der Waals surface area contributed by atoms with Gasteiger partial charge in [-0.3, -0.25) is 5.32 Å². The third-order valence-corrected chi connectivity index (χ3v) is 5.84. The summed E-state index contributed by atoms with van der Waals surface area (Å²) in [7, 11) is -3.49. The molecule has 110 valence electrons. The van der Waals surface area contributed by atoms with Crippen LogP contribution in [0, 0.1) is 6.92 Å². The first-order valence-corrected chi connectivity index (χ1v) is 8.23. The number of morpholine rings is 1. The summed E-state index contributed by atoms with van der Waals surface area (Å²) < 4.78 is 31.4. The molecule has 20 heavy (non-hydrogen) atoms. The highest BCUT2D eigenvalue weighted by atomic mass is 32.2. The Labute approximate surface area is 120 Å². The average molecular weight is 295 g/mol. The minimum absolute atomic E-state index is 0.321. The average Bonchev–Trinajstić information content (AvgIpc) is 2.39. The molecule has 1 aliphatic rings. The summed E-state index contributed by atoms with van der Waals surface area (Å²) in [5, 5.41) is 2.33. The van der Waals surface area contributed by atoms with E-state index in [1.165, 1.54) is 0 Å². The molecule has 0 aliphatic carbocycles. The van der Waals surface area contributed by atoms with E-state index >= 15 is 0 Å². The van der Waals surface area contributed by atoms with Gasteiger partial charge in [0.2, 0.25) is 0 Å². The molecule has 1 aliphatic heterocycles. The summed E-state index contributed by atoms with van der Waals surface area (Å²) in [6, 6.07) is 6.91. The van der Waals surface area contributed by atoms with Gasteiger partial charge in [0.15, 0.2) is 9.84 Å². The summed E-state index contributed by atoms with van der Waals surface area (Å²) in [6.07, 6.45) is 2.18. The van der Waals surface area contributed by atoms with Crippen molar-refractivity contribution >= 4 is 9.84 Å². The van der Waals surface area contributed by atoms with Crippen molar-refractivity contribution in [3.63, 3.8) is 0 Å². The molecule has 1 saturated heterocycles. The van der Waals surface area contributed by atoms with E-state index in [0.717, 1.165) is 5.56 Å². The van der Waals surface area contributed by atoms with Gasteiger partial charge in [-0.15, -0.1) is 6.58 Å². The summed E-state index contributed by atoms with van der Waals surface area (Å²) in [6.45, 7) is 8.48. The maximum atomic E-state index is 12.8. The van der Waals surface area contributed by atoms with Crippen molar-refractivity contribution in [3.8, 4) is 0 Å². The van der Waals surface area contributed by atoms with Crippen LogP contribution in [0.5, 0.6) is 0 Å². The molecule has 0 bridgehead atoms. The van der Waals surface area contributed by atoms with Gasteiger partial charge in [-0.25, -0.2) is 8.42 Å². The Kier molecular flexibility index (Phi) is 4.32. The number of sulfone groups is 1. The lowest BCUT2D eigenvalue weighted by Gasteiger charge is -2.40. The van der Waals surface area contributed by atoms with Gasteiger partial charge in [0.25, 0.3) is 0 Å². The van der Waals surface area contributed by atoms with E-state index < -0.39 is 20.8 Å². The molecule has 4 nitrogen and oxygen atoms in total. The quantitative estimate of drug-likeness (QED) is 0.864. The summed E-state index contributed by atoms with van der Waals surface area (Å²) in [5.74, 6) is 0. The molecule has 1 aromatic rings. The number of ether oxygens (including phenoxy) is 1. The lowest BCUT2D eigenvalue weighted by Crippen LogP contribution is -2.59. The highest BCUT2D eigenvalue weighted by Crippen LogP contribution is 2.30. The van der Waals surface area contributed by atoms with Crippen molar-refractivity contribution in [1.82, 2.24) is 5.32 Å². The van der Waals surface area contributed by atoms with Gasteiger partial charge in [-0.1, -0.05) is 23.8 Å². The highest BCUT2D eigenvalue weighted by molar-refractivity contribution is 7.92. The smallest absolute Gasteiger partial charge is 0.197 e. The summed E-state index contributed by atoms with van der Waals surface area (Å²) >= 11 is 0. The number of rotatable bonds is 4. The Balaban J connectivity index is 2.40. The van der Waals surface area contributed by atoms with Crippen LogP contribution < -0.4 is 5.32 Å². The molecule has 0 spiro atoms. The Morgan fingerprint density at radius 1 is 1.45 bits per heavy atom. The molecular formula is C15H21NO3S. The van der Waals surface area contributed by atoms with Crippen molar-refractivity contribution in [2.24, 2.45) is 0 Å². The fourth-order valence-electron chi connectivity index (χ4n) is 2.52. The first-order chi connectivity index (χ1) is 9.40. The second kappa shape index (κ2) is 5.68. The maximum absolute atomic E-state index is 12.8. The molecule has 2 atom stereocenters. The standard InChI is InChI=1S/C15H21NO3S/c1-4-9-15(3)14(16-10-11-19-15)20(17,18)13-7-5-12(2)6-8-13/h4-8,14,16H,1,9-11H2,2-3H3. The SMILES string of the molecule is C=CCC1(C)OCCNC1S(=O)(=O)c1ccc(C)cc1. The zero-order valence-electron chi connectivity index (χ0n) is 11.9. The Morgan fingerprint density at radius 2 is 2.10 bits per heavy atom. The van der Waals surface area contributed by atoms with Gasteiger partial charge >= 0.3 is 0 Å². The second-order valence-corrected chi connectivity index (χ2v) is 7.38. The van der Waals surface area contributed by atoms with Crippen molar-refractivity contribution < 1.29 is 13.2 Å². The third-order valence-electron chi connectivity index (χ3n) is 3.63. The van der Waals surface area contributed by atoms with Gasteiger partial charge < -0.3 is 4.74 Å². The molecule has 2 unspecified atom stereocenters. The van der Waals surface area contributed by atoms with Crippen LogP contribution >= 0.6 is 0 Å². The summed E-state index contributed by atoms with van der Waals surface area (Å²) in [4.78, 5) is 0.321. The van der Waals surface area contributed by atoms with E-state index in [9.17, 15) is 8.42 Å². The topological polar surface area (TPSA) is 55.4 Å². The molecule has 1 N–H and O–H groups in total. The molecule has 1 aromatic carbocycles. The lowest BCUT2D eigenvalue weighted by molar-refractivity contribution is -0.0614. The molecule has 1 fully saturated rings. The molecule has 1 heterocycles. The largest absolute Gasteiger partial charge is 0.371 e. The van der Waals surface area contributed by atoms with Gasteiger partial charge in [0, 0.05) is 6.54 Å². The van der Waals surface area contributed by atoms with E-state index in [4.69, 9.17) is 4.74 Å². The molecule has 0 saturated carbocycles. The second-order valence-electron chi connectivity index (χ2n) is 5.35. The van der Waals surface area contributed by atoms with Gasteiger partial charge in [0.05, 0.1) is 17.1 Å². The van der Waals surface area contributed by atoms with Crippen LogP contribution in [0.25, 0.3) is 0 Å². The normalized spacial score (nSPS) is 27.2. The zero-order valence-corrected chi connectivity index (χ0v) is 12.7. The first-order valence-electron chi connectivity index (χ1n) is 6.69. The van der Waals surface area contributed by atoms with Crippen LogP contribution in [-0.4, -0.2) is 32.5 Å². The predicted molar refractivity (Wildman–Crippen MR) is 79.3 cm³/mol. The minimum atomic E-state index is -3.49. The third kappa shape index (κ3) is 2.80. The van der Waals surface area contributed by atoms with E-state index in [1.54, 1.807) is 30.3 Å². The van der Waals surface area contributed by atoms with Crippen LogP contribution in [0.3, 0.4) is 0 Å². The van der Waals surface area contributed by atoms with Crippen molar-refractivity contribution in [1.29, 1.82) is 0 Å². The van der Waals surface area contributed by atoms with Crippen molar-refractivity contribution in [2.75, 3.05) is 13.2 Å². The monoisotopic (exact) mass is 295 g/mol. The van der Waals surface area contributed by atoms with Crippen LogP contribution in [0.15, 0.2) is 41.8 Å². The van der Waals surface area contributed by atoms with E-state index in [2.05, 4.69) is 11.9 Å². The Hall–Kier alpha value is -1.17. The molecule has 2 rings (SSSR count).